The van der Waals surface area contributed by atoms with E-state index in [-0.39, 0.29) is 11.1 Å². The first-order chi connectivity index (χ1) is 9.27. The molecule has 0 bridgehead atoms. The van der Waals surface area contributed by atoms with Gasteiger partial charge in [0.15, 0.2) is 19.7 Å². The van der Waals surface area contributed by atoms with Crippen LogP contribution >= 0.6 is 0 Å². The van der Waals surface area contributed by atoms with Gasteiger partial charge < -0.3 is 13.9 Å². The summed E-state index contributed by atoms with van der Waals surface area (Å²) in [4.78, 5) is 0. The normalized spacial score (nSPS) is 29.7. The first-order valence-electron chi connectivity index (χ1n) is 7.77. The third kappa shape index (κ3) is 3.71. The first-order valence-corrected chi connectivity index (χ1v) is 10.7. The van der Waals surface area contributed by atoms with Crippen molar-refractivity contribution < 1.29 is 13.9 Å². The smallest absolute Gasteiger partial charge is 0.192 e. The van der Waals surface area contributed by atoms with E-state index in [2.05, 4.69) is 46.7 Å². The van der Waals surface area contributed by atoms with Crippen molar-refractivity contribution in [3.05, 3.63) is 0 Å². The van der Waals surface area contributed by atoms with Crippen LogP contribution < -0.4 is 0 Å². The minimum atomic E-state index is -1.89. The lowest BCUT2D eigenvalue weighted by Gasteiger charge is -2.43. The summed E-state index contributed by atoms with van der Waals surface area (Å²) in [6, 6.07) is 0. The van der Waals surface area contributed by atoms with Crippen molar-refractivity contribution in [3.63, 3.8) is 0 Å². The molecule has 122 valence electrons. The molecule has 1 fully saturated rings. The standard InChI is InChI=1S/C17H32O3Si/c1-11-17(8)14(19-16(6,7)20-17)12-18-21(9,10)15(4,5)13(2)3/h1,13-14H,12H2,2-10H3/t14-,17-/m1/s1. The summed E-state index contributed by atoms with van der Waals surface area (Å²) in [5, 5.41) is 0.175. The van der Waals surface area contributed by atoms with Crippen LogP contribution in [0.4, 0.5) is 0 Å². The Balaban J connectivity index is 2.82. The van der Waals surface area contributed by atoms with Gasteiger partial charge in [0.05, 0.1) is 6.61 Å². The molecular formula is C17H32O3Si. The fraction of sp³-hybridized carbons (Fsp3) is 0.882. The molecular weight excluding hydrogens is 280 g/mol. The van der Waals surface area contributed by atoms with Crippen molar-refractivity contribution in [2.45, 2.75) is 84.1 Å². The number of hydrogen-bond donors (Lipinski definition) is 0. The summed E-state index contributed by atoms with van der Waals surface area (Å²) in [5.41, 5.74) is -0.726. The average molecular weight is 313 g/mol. The maximum absolute atomic E-state index is 6.37. The van der Waals surface area contributed by atoms with Gasteiger partial charge in [0.1, 0.15) is 6.10 Å². The van der Waals surface area contributed by atoms with E-state index in [0.717, 1.165) is 0 Å². The van der Waals surface area contributed by atoms with Gasteiger partial charge in [-0.25, -0.2) is 0 Å². The molecule has 0 aromatic heterocycles. The van der Waals surface area contributed by atoms with Crippen molar-refractivity contribution in [2.75, 3.05) is 6.61 Å². The van der Waals surface area contributed by atoms with Crippen molar-refractivity contribution in [1.82, 2.24) is 0 Å². The third-order valence-electron chi connectivity index (χ3n) is 5.38. The summed E-state index contributed by atoms with van der Waals surface area (Å²) in [5.74, 6) is 2.64. The molecule has 1 aliphatic heterocycles. The van der Waals surface area contributed by atoms with Gasteiger partial charge >= 0.3 is 0 Å². The molecule has 0 amide bonds. The van der Waals surface area contributed by atoms with Crippen LogP contribution in [0, 0.1) is 18.3 Å². The molecule has 3 nitrogen and oxygen atoms in total. The van der Waals surface area contributed by atoms with Gasteiger partial charge in [0.25, 0.3) is 0 Å². The SMILES string of the molecule is C#C[C@@]1(C)OC(C)(C)O[C@@H]1CO[Si](C)(C)C(C)(C)C(C)C. The average Bonchev–Trinajstić information content (AvgIpc) is 2.56. The minimum absolute atomic E-state index is 0.175. The Morgan fingerprint density at radius 2 is 1.81 bits per heavy atom. The van der Waals surface area contributed by atoms with Crippen LogP contribution in [0.3, 0.4) is 0 Å². The van der Waals surface area contributed by atoms with E-state index in [9.17, 15) is 0 Å². The molecule has 1 heterocycles. The van der Waals surface area contributed by atoms with Crippen LogP contribution in [0.15, 0.2) is 0 Å². The second kappa shape index (κ2) is 5.70. The zero-order valence-electron chi connectivity index (χ0n) is 15.2. The number of ether oxygens (including phenoxy) is 2. The van der Waals surface area contributed by atoms with Crippen LogP contribution in [0.1, 0.15) is 48.5 Å². The Kier molecular flexibility index (Phi) is 5.07. The molecule has 0 aliphatic carbocycles. The number of hydrogen-bond acceptors (Lipinski definition) is 3. The second-order valence-corrected chi connectivity index (χ2v) is 12.7. The zero-order valence-corrected chi connectivity index (χ0v) is 16.2. The lowest BCUT2D eigenvalue weighted by molar-refractivity contribution is -0.153. The predicted molar refractivity (Wildman–Crippen MR) is 89.6 cm³/mol. The Hall–Kier alpha value is -0.343. The summed E-state index contributed by atoms with van der Waals surface area (Å²) in [6.45, 7) is 19.8. The predicted octanol–water partition coefficient (Wildman–Crippen LogP) is 4.19. The Morgan fingerprint density at radius 3 is 2.24 bits per heavy atom. The summed E-state index contributed by atoms with van der Waals surface area (Å²) in [7, 11) is -1.89. The molecule has 0 aromatic carbocycles. The zero-order chi connectivity index (χ0) is 16.7. The highest BCUT2D eigenvalue weighted by Crippen LogP contribution is 2.45. The highest BCUT2D eigenvalue weighted by atomic mass is 28.4. The monoisotopic (exact) mass is 312 g/mol. The van der Waals surface area contributed by atoms with E-state index in [1.165, 1.54) is 0 Å². The largest absolute Gasteiger partial charge is 0.414 e. The Labute approximate surface area is 131 Å². The van der Waals surface area contributed by atoms with Crippen molar-refractivity contribution >= 4 is 8.32 Å². The van der Waals surface area contributed by atoms with Crippen LogP contribution in [0.25, 0.3) is 0 Å². The summed E-state index contributed by atoms with van der Waals surface area (Å²) >= 11 is 0. The third-order valence-corrected chi connectivity index (χ3v) is 9.94. The van der Waals surface area contributed by atoms with Gasteiger partial charge in [-0.1, -0.05) is 33.6 Å². The van der Waals surface area contributed by atoms with Crippen LogP contribution in [-0.2, 0) is 13.9 Å². The molecule has 21 heavy (non-hydrogen) atoms. The van der Waals surface area contributed by atoms with Crippen LogP contribution in [-0.4, -0.2) is 32.4 Å². The van der Waals surface area contributed by atoms with E-state index in [1.54, 1.807) is 0 Å². The summed E-state index contributed by atoms with van der Waals surface area (Å²) in [6.07, 6.45) is 5.42. The van der Waals surface area contributed by atoms with Gasteiger partial charge in [0, 0.05) is 0 Å². The lowest BCUT2D eigenvalue weighted by Crippen LogP contribution is -2.48. The lowest BCUT2D eigenvalue weighted by atomic mass is 9.99. The van der Waals surface area contributed by atoms with Gasteiger partial charge in [-0.05, 0) is 44.8 Å². The molecule has 1 saturated heterocycles. The molecule has 4 heteroatoms. The molecule has 0 unspecified atom stereocenters. The molecule has 2 atom stereocenters. The molecule has 0 saturated carbocycles. The maximum Gasteiger partial charge on any atom is 0.192 e. The van der Waals surface area contributed by atoms with Crippen LogP contribution in [0.5, 0.6) is 0 Å². The molecule has 1 rings (SSSR count). The van der Waals surface area contributed by atoms with Gasteiger partial charge in [-0.15, -0.1) is 6.42 Å². The Bertz CT molecular complexity index is 420. The van der Waals surface area contributed by atoms with E-state index in [1.807, 2.05) is 20.8 Å². The minimum Gasteiger partial charge on any atom is -0.414 e. The second-order valence-electron chi connectivity index (χ2n) is 8.06. The van der Waals surface area contributed by atoms with Crippen molar-refractivity contribution in [3.8, 4) is 12.3 Å². The fourth-order valence-corrected chi connectivity index (χ4v) is 4.87. The molecule has 0 spiro atoms. The molecule has 0 radical (unpaired) electrons. The Morgan fingerprint density at radius 1 is 1.29 bits per heavy atom. The number of terminal acetylenes is 1. The molecule has 0 aromatic rings. The topological polar surface area (TPSA) is 27.7 Å². The van der Waals surface area contributed by atoms with Gasteiger partial charge in [0.2, 0.25) is 0 Å². The van der Waals surface area contributed by atoms with E-state index < -0.39 is 19.7 Å². The maximum atomic E-state index is 6.37. The fourth-order valence-electron chi connectivity index (χ4n) is 2.54. The van der Waals surface area contributed by atoms with Crippen LogP contribution in [0.2, 0.25) is 18.1 Å². The highest BCUT2D eigenvalue weighted by Gasteiger charge is 2.51. The van der Waals surface area contributed by atoms with Crippen molar-refractivity contribution in [1.29, 1.82) is 0 Å². The first kappa shape index (κ1) is 18.7. The van der Waals surface area contributed by atoms with Gasteiger partial charge in [-0.3, -0.25) is 0 Å². The highest BCUT2D eigenvalue weighted by molar-refractivity contribution is 6.74. The van der Waals surface area contributed by atoms with E-state index in [0.29, 0.717) is 12.5 Å². The molecule has 1 aliphatic rings. The quantitative estimate of drug-likeness (QED) is 0.563. The van der Waals surface area contributed by atoms with E-state index in [4.69, 9.17) is 20.3 Å². The molecule has 0 N–H and O–H groups in total. The van der Waals surface area contributed by atoms with Crippen molar-refractivity contribution in [2.24, 2.45) is 5.92 Å². The number of rotatable bonds is 5. The van der Waals surface area contributed by atoms with E-state index >= 15 is 0 Å². The summed E-state index contributed by atoms with van der Waals surface area (Å²) < 4.78 is 18.2. The van der Waals surface area contributed by atoms with Gasteiger partial charge in [-0.2, -0.15) is 0 Å².